The summed E-state index contributed by atoms with van der Waals surface area (Å²) < 4.78 is 6.15. The number of nitrogens with zero attached hydrogens (tertiary/aromatic N) is 1. The molecule has 150 valence electrons. The summed E-state index contributed by atoms with van der Waals surface area (Å²) in [4.78, 5) is 26.5. The number of β-lactam (4-membered cyclic amide) rings is 1. The monoisotopic (exact) mass is 471 g/mol. The van der Waals surface area contributed by atoms with E-state index in [9.17, 15) is 9.59 Å². The van der Waals surface area contributed by atoms with Crippen LogP contribution in [0.5, 0.6) is 0 Å². The van der Waals surface area contributed by atoms with Crippen molar-refractivity contribution in [3.8, 4) is 0 Å². The van der Waals surface area contributed by atoms with Crippen LogP contribution in [0.2, 0.25) is 18.1 Å². The summed E-state index contributed by atoms with van der Waals surface area (Å²) in [6, 6.07) is 7.51. The third kappa shape index (κ3) is 5.92. The SMILES string of the molecule is CC(C)(C)[Si](C)(C)OCCCN1C[C@@H](SC(=O)c2ccc(CBr)cc2)C1=O. The third-order valence-electron chi connectivity index (χ3n) is 5.41. The molecule has 1 amide bonds. The lowest BCUT2D eigenvalue weighted by atomic mass is 10.2. The zero-order valence-electron chi connectivity index (χ0n) is 16.9. The van der Waals surface area contributed by atoms with E-state index in [1.54, 1.807) is 0 Å². The van der Waals surface area contributed by atoms with Crippen LogP contribution < -0.4 is 0 Å². The van der Waals surface area contributed by atoms with Gasteiger partial charge < -0.3 is 9.33 Å². The standard InChI is InChI=1S/C20H30BrNO3SSi/c1-20(2,3)27(4,5)25-12-6-11-22-14-17(18(22)23)26-19(24)16-9-7-15(13-21)8-10-16/h7-10,17H,6,11-14H2,1-5H3/t17-/m1/s1. The molecule has 0 aromatic heterocycles. The van der Waals surface area contributed by atoms with Crippen molar-refractivity contribution in [1.82, 2.24) is 4.90 Å². The normalized spacial score (nSPS) is 17.8. The van der Waals surface area contributed by atoms with Crippen molar-refractivity contribution in [1.29, 1.82) is 0 Å². The molecule has 1 aliphatic rings. The number of alkyl halides is 1. The van der Waals surface area contributed by atoms with Crippen LogP contribution in [0.15, 0.2) is 24.3 Å². The fourth-order valence-corrected chi connectivity index (χ4v) is 4.97. The van der Waals surface area contributed by atoms with Crippen LogP contribution in [0.4, 0.5) is 0 Å². The quantitative estimate of drug-likeness (QED) is 0.229. The van der Waals surface area contributed by atoms with Crippen LogP contribution in [0.3, 0.4) is 0 Å². The Kier molecular flexibility index (Phi) is 7.76. The lowest BCUT2D eigenvalue weighted by Gasteiger charge is -2.39. The number of benzene rings is 1. The summed E-state index contributed by atoms with van der Waals surface area (Å²) in [6.07, 6.45) is 0.845. The minimum absolute atomic E-state index is 0.0321. The van der Waals surface area contributed by atoms with Crippen LogP contribution in [0.1, 0.15) is 43.1 Å². The summed E-state index contributed by atoms with van der Waals surface area (Å²) in [7, 11) is -1.72. The number of thioether (sulfide) groups is 1. The molecule has 1 atom stereocenters. The molecule has 1 fully saturated rings. The first-order valence-corrected chi connectivity index (χ1v) is 14.2. The Balaban J connectivity index is 1.71. The Morgan fingerprint density at radius 1 is 1.30 bits per heavy atom. The topological polar surface area (TPSA) is 46.6 Å². The number of hydrogen-bond donors (Lipinski definition) is 0. The molecular weight excluding hydrogens is 442 g/mol. The molecule has 0 radical (unpaired) electrons. The van der Waals surface area contributed by atoms with E-state index in [4.69, 9.17) is 4.43 Å². The number of carbonyl (C=O) groups excluding carboxylic acids is 2. The zero-order valence-corrected chi connectivity index (χ0v) is 20.3. The van der Waals surface area contributed by atoms with Gasteiger partial charge in [-0.1, -0.05) is 72.7 Å². The maximum absolute atomic E-state index is 12.3. The Morgan fingerprint density at radius 2 is 1.93 bits per heavy atom. The van der Waals surface area contributed by atoms with Crippen molar-refractivity contribution in [2.24, 2.45) is 0 Å². The lowest BCUT2D eigenvalue weighted by Crippen LogP contribution is -2.55. The summed E-state index contributed by atoms with van der Waals surface area (Å²) in [5.74, 6) is 0.0674. The van der Waals surface area contributed by atoms with Crippen molar-refractivity contribution in [3.63, 3.8) is 0 Å². The first-order valence-electron chi connectivity index (χ1n) is 9.34. The highest BCUT2D eigenvalue weighted by Gasteiger charge is 2.39. The fourth-order valence-electron chi connectivity index (χ4n) is 2.47. The van der Waals surface area contributed by atoms with E-state index in [0.29, 0.717) is 25.3 Å². The van der Waals surface area contributed by atoms with Gasteiger partial charge in [0.1, 0.15) is 5.25 Å². The Bertz CT molecular complexity index is 673. The van der Waals surface area contributed by atoms with Gasteiger partial charge in [0.25, 0.3) is 0 Å². The largest absolute Gasteiger partial charge is 0.417 e. The molecule has 7 heteroatoms. The number of rotatable bonds is 8. The summed E-state index contributed by atoms with van der Waals surface area (Å²) in [5.41, 5.74) is 1.78. The molecule has 1 aliphatic heterocycles. The number of carbonyl (C=O) groups is 2. The van der Waals surface area contributed by atoms with Crippen molar-refractivity contribution >= 4 is 47.0 Å². The maximum atomic E-state index is 12.3. The first kappa shape index (κ1) is 22.7. The fraction of sp³-hybridized carbons (Fsp3) is 0.600. The molecule has 1 aromatic carbocycles. The van der Waals surface area contributed by atoms with Gasteiger partial charge in [0.2, 0.25) is 11.0 Å². The van der Waals surface area contributed by atoms with Gasteiger partial charge in [-0.2, -0.15) is 0 Å². The van der Waals surface area contributed by atoms with E-state index in [0.717, 1.165) is 29.1 Å². The van der Waals surface area contributed by atoms with Gasteiger partial charge in [-0.05, 0) is 30.1 Å². The molecule has 0 unspecified atom stereocenters. The first-order chi connectivity index (χ1) is 12.5. The lowest BCUT2D eigenvalue weighted by molar-refractivity contribution is -0.138. The second-order valence-electron chi connectivity index (χ2n) is 8.47. The Morgan fingerprint density at radius 3 is 2.44 bits per heavy atom. The minimum Gasteiger partial charge on any atom is -0.417 e. The molecule has 4 nitrogen and oxygen atoms in total. The average molecular weight is 473 g/mol. The van der Waals surface area contributed by atoms with Gasteiger partial charge in [0.15, 0.2) is 8.32 Å². The molecule has 1 aromatic rings. The van der Waals surface area contributed by atoms with Crippen LogP contribution in [-0.4, -0.2) is 49.2 Å². The van der Waals surface area contributed by atoms with Crippen molar-refractivity contribution < 1.29 is 14.0 Å². The number of amides is 1. The predicted molar refractivity (Wildman–Crippen MR) is 119 cm³/mol. The van der Waals surface area contributed by atoms with Gasteiger partial charge in [0, 0.05) is 30.6 Å². The molecule has 0 saturated carbocycles. The van der Waals surface area contributed by atoms with Crippen molar-refractivity contribution in [3.05, 3.63) is 35.4 Å². The van der Waals surface area contributed by atoms with Crippen LogP contribution in [-0.2, 0) is 14.6 Å². The maximum Gasteiger partial charge on any atom is 0.238 e. The highest BCUT2D eigenvalue weighted by atomic mass is 79.9. The summed E-state index contributed by atoms with van der Waals surface area (Å²) in [5, 5.41) is 0.697. The van der Waals surface area contributed by atoms with Gasteiger partial charge >= 0.3 is 0 Å². The summed E-state index contributed by atoms with van der Waals surface area (Å²) >= 11 is 4.54. The molecule has 0 bridgehead atoms. The van der Waals surface area contributed by atoms with E-state index in [2.05, 4.69) is 49.8 Å². The third-order valence-corrected chi connectivity index (χ3v) is 11.7. The van der Waals surface area contributed by atoms with Gasteiger partial charge in [-0.3, -0.25) is 9.59 Å². The van der Waals surface area contributed by atoms with Gasteiger partial charge in [-0.15, -0.1) is 0 Å². The Hall–Kier alpha value is -0.633. The molecule has 0 N–H and O–H groups in total. The molecule has 0 spiro atoms. The molecule has 27 heavy (non-hydrogen) atoms. The molecule has 1 saturated heterocycles. The average Bonchev–Trinajstić information content (AvgIpc) is 2.61. The molecule has 2 rings (SSSR count). The van der Waals surface area contributed by atoms with E-state index >= 15 is 0 Å². The predicted octanol–water partition coefficient (Wildman–Crippen LogP) is 5.08. The number of hydrogen-bond acceptors (Lipinski definition) is 4. The van der Waals surface area contributed by atoms with Crippen molar-refractivity contribution in [2.75, 3.05) is 19.7 Å². The Labute approximate surface area is 176 Å². The van der Waals surface area contributed by atoms with E-state index in [-0.39, 0.29) is 21.3 Å². The van der Waals surface area contributed by atoms with E-state index in [1.165, 1.54) is 0 Å². The summed E-state index contributed by atoms with van der Waals surface area (Å²) in [6.45, 7) is 13.2. The second kappa shape index (κ2) is 9.24. The highest BCUT2D eigenvalue weighted by Crippen LogP contribution is 2.36. The molecular formula is C20H30BrNO3SSi. The van der Waals surface area contributed by atoms with Crippen molar-refractivity contribution in [2.45, 2.75) is 55.9 Å². The van der Waals surface area contributed by atoms with Gasteiger partial charge in [-0.25, -0.2) is 0 Å². The molecule has 0 aliphatic carbocycles. The van der Waals surface area contributed by atoms with Crippen LogP contribution in [0.25, 0.3) is 0 Å². The van der Waals surface area contributed by atoms with Gasteiger partial charge in [0.05, 0.1) is 0 Å². The smallest absolute Gasteiger partial charge is 0.238 e. The molecule has 1 heterocycles. The number of likely N-dealkylation sites (tertiary alicyclic amines) is 1. The second-order valence-corrected chi connectivity index (χ2v) is 15.0. The van der Waals surface area contributed by atoms with Crippen LogP contribution >= 0.6 is 27.7 Å². The van der Waals surface area contributed by atoms with E-state index < -0.39 is 8.32 Å². The zero-order chi connectivity index (χ0) is 20.2. The highest BCUT2D eigenvalue weighted by molar-refractivity contribution is 9.08. The number of halogens is 1. The van der Waals surface area contributed by atoms with E-state index in [1.807, 2.05) is 29.2 Å². The van der Waals surface area contributed by atoms with Crippen LogP contribution in [0, 0.1) is 0 Å². The minimum atomic E-state index is -1.72.